The first kappa shape index (κ1) is 22.3. The summed E-state index contributed by atoms with van der Waals surface area (Å²) in [5.41, 5.74) is 29.6. The molecule has 0 radical (unpaired) electrons. The maximum absolute atomic E-state index is 11.1. The molecular weight excluding hydrogens is 386 g/mol. The van der Waals surface area contributed by atoms with Crippen molar-refractivity contribution >= 4 is 36.2 Å². The molecule has 0 bridgehead atoms. The average molecular weight is 416 g/mol. The molecule has 12 nitrogen and oxygen atoms in total. The van der Waals surface area contributed by atoms with E-state index in [4.69, 9.17) is 28.7 Å². The van der Waals surface area contributed by atoms with E-state index in [-0.39, 0.29) is 49.1 Å². The van der Waals surface area contributed by atoms with Crippen LogP contribution in [-0.2, 0) is 4.79 Å². The van der Waals surface area contributed by atoms with Crippen molar-refractivity contribution in [3.8, 4) is 0 Å². The summed E-state index contributed by atoms with van der Waals surface area (Å²) in [6, 6.07) is -0.249. The molecule has 0 saturated carbocycles. The summed E-state index contributed by atoms with van der Waals surface area (Å²) in [4.78, 5) is 28.4. The van der Waals surface area contributed by atoms with Crippen molar-refractivity contribution in [2.75, 3.05) is 47.8 Å². The molecule has 0 aliphatic carbocycles. The molecule has 0 spiro atoms. The molecule has 3 heterocycles. The van der Waals surface area contributed by atoms with E-state index >= 15 is 0 Å². The number of primary amides is 1. The summed E-state index contributed by atoms with van der Waals surface area (Å²) < 4.78 is 0. The van der Waals surface area contributed by atoms with Crippen LogP contribution in [0.5, 0.6) is 0 Å². The molecule has 2 aliphatic rings. The fraction of sp³-hybridized carbons (Fsp3) is 0.733. The average Bonchev–Trinajstić information content (AvgIpc) is 2.58. The number of nitrogens with one attached hydrogen (secondary N) is 1. The molecule has 1 aromatic rings. The Bertz CT molecular complexity index is 613. The lowest BCUT2D eigenvalue weighted by Gasteiger charge is -2.36. The summed E-state index contributed by atoms with van der Waals surface area (Å²) in [6.07, 6.45) is 1.49. The second kappa shape index (κ2) is 9.47. The van der Waals surface area contributed by atoms with Crippen LogP contribution < -0.4 is 43.8 Å². The Balaban J connectivity index is 0.00000280. The molecule has 1 amide bonds. The third-order valence-corrected chi connectivity index (χ3v) is 4.63. The molecule has 2 fully saturated rings. The maximum Gasteiger partial charge on any atom is 0.236 e. The lowest BCUT2D eigenvalue weighted by atomic mass is 10.0. The summed E-state index contributed by atoms with van der Waals surface area (Å²) in [5.74, 6) is 0.646. The Morgan fingerprint density at radius 3 is 1.61 bits per heavy atom. The van der Waals surface area contributed by atoms with Gasteiger partial charge >= 0.3 is 0 Å². The van der Waals surface area contributed by atoms with Gasteiger partial charge < -0.3 is 43.8 Å². The monoisotopic (exact) mass is 415 g/mol. The third-order valence-electron chi connectivity index (χ3n) is 4.63. The summed E-state index contributed by atoms with van der Waals surface area (Å²) >= 11 is 0. The maximum atomic E-state index is 11.1. The first-order valence-electron chi connectivity index (χ1n) is 9.10. The van der Waals surface area contributed by atoms with Gasteiger partial charge in [-0.05, 0) is 12.8 Å². The van der Waals surface area contributed by atoms with Crippen LogP contribution in [0.2, 0.25) is 0 Å². The minimum Gasteiger partial charge on any atom is -0.368 e. The number of nitrogens with zero attached hydrogens (tertiary/aromatic N) is 5. The number of amides is 1. The Labute approximate surface area is 170 Å². The van der Waals surface area contributed by atoms with E-state index in [1.54, 1.807) is 0 Å². The predicted molar refractivity (Wildman–Crippen MR) is 110 cm³/mol. The van der Waals surface area contributed by atoms with Crippen molar-refractivity contribution in [2.24, 2.45) is 28.7 Å². The van der Waals surface area contributed by atoms with Gasteiger partial charge in [-0.1, -0.05) is 0 Å². The zero-order valence-corrected chi connectivity index (χ0v) is 16.5. The van der Waals surface area contributed by atoms with Gasteiger partial charge in [-0.2, -0.15) is 15.0 Å². The highest BCUT2D eigenvalue weighted by molar-refractivity contribution is 5.85. The van der Waals surface area contributed by atoms with Crippen LogP contribution in [-0.4, -0.2) is 77.8 Å². The molecule has 4 atom stereocenters. The fourth-order valence-electron chi connectivity index (χ4n) is 3.57. The van der Waals surface area contributed by atoms with Gasteiger partial charge in [-0.3, -0.25) is 4.79 Å². The Morgan fingerprint density at radius 2 is 1.25 bits per heavy atom. The minimum absolute atomic E-state index is 0. The second-order valence-corrected chi connectivity index (χ2v) is 7.40. The third kappa shape index (κ3) is 5.75. The molecule has 11 N–H and O–H groups in total. The van der Waals surface area contributed by atoms with Crippen molar-refractivity contribution in [1.82, 2.24) is 15.0 Å². The largest absolute Gasteiger partial charge is 0.368 e. The van der Waals surface area contributed by atoms with Gasteiger partial charge in [-0.15, -0.1) is 12.4 Å². The topological polar surface area (TPSA) is 204 Å². The number of halogens is 1. The van der Waals surface area contributed by atoms with E-state index < -0.39 is 5.91 Å². The van der Waals surface area contributed by atoms with Gasteiger partial charge in [0, 0.05) is 50.3 Å². The second-order valence-electron chi connectivity index (χ2n) is 7.40. The van der Waals surface area contributed by atoms with Gasteiger partial charge in [0.05, 0.1) is 6.54 Å². The first-order valence-corrected chi connectivity index (χ1v) is 9.10. The van der Waals surface area contributed by atoms with Gasteiger partial charge in [0.15, 0.2) is 0 Å². The molecule has 28 heavy (non-hydrogen) atoms. The van der Waals surface area contributed by atoms with Crippen LogP contribution in [0.3, 0.4) is 0 Å². The quantitative estimate of drug-likeness (QED) is 0.284. The highest BCUT2D eigenvalue weighted by Gasteiger charge is 2.28. The standard InChI is InChI=1S/C15H29N11O.ClH/c16-8-1-9(17)5-25(4-8)14-22-13(21-3-12(20)27)23-15(24-14)26-6-10(18)2-11(19)7-26;/h8-11H,1-7,16-19H2,(H2,20,27)(H,21,22,23,24);1H/t8-,9+,10-,11+;. The molecule has 2 aliphatic heterocycles. The minimum atomic E-state index is -0.512. The van der Waals surface area contributed by atoms with E-state index in [1.807, 2.05) is 9.80 Å². The normalized spacial score (nSPS) is 27.9. The van der Waals surface area contributed by atoms with Crippen LogP contribution in [0.1, 0.15) is 12.8 Å². The van der Waals surface area contributed by atoms with Crippen LogP contribution >= 0.6 is 12.4 Å². The molecule has 2 saturated heterocycles. The molecule has 3 rings (SSSR count). The number of rotatable bonds is 5. The fourth-order valence-corrected chi connectivity index (χ4v) is 3.57. The Hall–Kier alpha value is -1.99. The zero-order valence-electron chi connectivity index (χ0n) is 15.7. The smallest absolute Gasteiger partial charge is 0.236 e. The van der Waals surface area contributed by atoms with Gasteiger partial charge in [-0.25, -0.2) is 0 Å². The molecule has 0 unspecified atom stereocenters. The van der Waals surface area contributed by atoms with Crippen LogP contribution in [0.15, 0.2) is 0 Å². The highest BCUT2D eigenvalue weighted by Crippen LogP contribution is 2.22. The number of aromatic nitrogens is 3. The van der Waals surface area contributed by atoms with Crippen molar-refractivity contribution in [1.29, 1.82) is 0 Å². The summed E-state index contributed by atoms with van der Waals surface area (Å²) in [5, 5.41) is 2.83. The molecule has 0 aromatic carbocycles. The number of carbonyl (C=O) groups excluding carboxylic acids is 1. The SMILES string of the molecule is Cl.NC(=O)CNc1nc(N2C[C@H](N)C[C@H](N)C2)nc(N2C[C@H](N)C[C@H](N)C2)n1. The van der Waals surface area contributed by atoms with Crippen LogP contribution in [0, 0.1) is 0 Å². The molecular formula is C15H30ClN11O. The molecule has 13 heteroatoms. The number of anilines is 3. The van der Waals surface area contributed by atoms with E-state index in [9.17, 15) is 4.79 Å². The number of nitrogens with two attached hydrogens (primary N) is 5. The van der Waals surface area contributed by atoms with E-state index in [0.29, 0.717) is 38.1 Å². The first-order chi connectivity index (χ1) is 12.8. The van der Waals surface area contributed by atoms with Crippen LogP contribution in [0.4, 0.5) is 17.8 Å². The Morgan fingerprint density at radius 1 is 0.857 bits per heavy atom. The number of hydrogen-bond donors (Lipinski definition) is 6. The number of carbonyl (C=O) groups is 1. The van der Waals surface area contributed by atoms with Gasteiger partial charge in [0.25, 0.3) is 0 Å². The lowest BCUT2D eigenvalue weighted by Crippen LogP contribution is -2.54. The number of hydrogen-bond acceptors (Lipinski definition) is 11. The van der Waals surface area contributed by atoms with Gasteiger partial charge in [0.1, 0.15) is 0 Å². The van der Waals surface area contributed by atoms with Crippen LogP contribution in [0.25, 0.3) is 0 Å². The summed E-state index contributed by atoms with van der Waals surface area (Å²) in [7, 11) is 0. The number of piperidine rings is 2. The highest BCUT2D eigenvalue weighted by atomic mass is 35.5. The van der Waals surface area contributed by atoms with Crippen molar-refractivity contribution < 1.29 is 4.79 Å². The van der Waals surface area contributed by atoms with E-state index in [1.165, 1.54) is 0 Å². The predicted octanol–water partition coefficient (Wildman–Crippen LogP) is -3.08. The molecule has 1 aromatic heterocycles. The van der Waals surface area contributed by atoms with Crippen molar-refractivity contribution in [3.63, 3.8) is 0 Å². The van der Waals surface area contributed by atoms with Gasteiger partial charge in [0.2, 0.25) is 23.8 Å². The van der Waals surface area contributed by atoms with E-state index in [0.717, 1.165) is 12.8 Å². The zero-order chi connectivity index (χ0) is 19.6. The lowest BCUT2D eigenvalue weighted by molar-refractivity contribution is -0.116. The van der Waals surface area contributed by atoms with Crippen molar-refractivity contribution in [3.05, 3.63) is 0 Å². The molecule has 158 valence electrons. The Kier molecular flexibility index (Phi) is 7.55. The summed E-state index contributed by atoms with van der Waals surface area (Å²) in [6.45, 7) is 2.27. The van der Waals surface area contributed by atoms with E-state index in [2.05, 4.69) is 20.3 Å². The van der Waals surface area contributed by atoms with Crippen molar-refractivity contribution in [2.45, 2.75) is 37.0 Å².